The lowest BCUT2D eigenvalue weighted by Crippen LogP contribution is -2.19. The summed E-state index contributed by atoms with van der Waals surface area (Å²) in [5, 5.41) is 8.36. The van der Waals surface area contributed by atoms with Crippen LogP contribution < -0.4 is 4.74 Å². The van der Waals surface area contributed by atoms with Gasteiger partial charge >= 0.3 is 0 Å². The van der Waals surface area contributed by atoms with E-state index in [4.69, 9.17) is 9.72 Å². The fourth-order valence-electron chi connectivity index (χ4n) is 5.06. The molecule has 0 radical (unpaired) electrons. The minimum atomic E-state index is -0.252. The summed E-state index contributed by atoms with van der Waals surface area (Å²) in [6.45, 7) is 0. The van der Waals surface area contributed by atoms with Crippen LogP contribution in [-0.4, -0.2) is 36.2 Å². The highest BCUT2D eigenvalue weighted by atomic mass is 32.1. The minimum Gasteiger partial charge on any atom is -0.489 e. The van der Waals surface area contributed by atoms with Gasteiger partial charge in [-0.3, -0.25) is 15.1 Å². The molecule has 1 aliphatic rings. The summed E-state index contributed by atoms with van der Waals surface area (Å²) < 4.78 is 19.9. The molecule has 2 N–H and O–H groups in total. The van der Waals surface area contributed by atoms with E-state index >= 15 is 0 Å². The third-order valence-electron chi connectivity index (χ3n) is 6.90. The van der Waals surface area contributed by atoms with Crippen molar-refractivity contribution in [3.05, 3.63) is 66.2 Å². The van der Waals surface area contributed by atoms with Crippen LogP contribution in [0.1, 0.15) is 32.1 Å². The summed E-state index contributed by atoms with van der Waals surface area (Å²) in [7, 11) is 0. The van der Waals surface area contributed by atoms with Crippen LogP contribution in [0.4, 0.5) is 4.39 Å². The zero-order chi connectivity index (χ0) is 24.8. The highest BCUT2D eigenvalue weighted by Crippen LogP contribution is 2.34. The van der Waals surface area contributed by atoms with Gasteiger partial charge in [-0.25, -0.2) is 4.98 Å². The Morgan fingerprint density at radius 2 is 1.84 bits per heavy atom. The Hall–Kier alpha value is -4.11. The summed E-state index contributed by atoms with van der Waals surface area (Å²) in [4.78, 5) is 17.8. The molecule has 7 rings (SSSR count). The normalized spacial score (nSPS) is 14.5. The van der Waals surface area contributed by atoms with Crippen molar-refractivity contribution in [2.75, 3.05) is 0 Å². The number of hydrogen-bond acceptors (Lipinski definition) is 6. The highest BCUT2D eigenvalue weighted by Gasteiger charge is 2.18. The van der Waals surface area contributed by atoms with E-state index in [1.54, 1.807) is 18.5 Å². The molecule has 184 valence electrons. The molecule has 0 aliphatic heterocycles. The summed E-state index contributed by atoms with van der Waals surface area (Å²) >= 11 is 1.06. The first-order valence-electron chi connectivity index (χ1n) is 12.4. The molecule has 0 spiro atoms. The van der Waals surface area contributed by atoms with E-state index in [2.05, 4.69) is 43.3 Å². The summed E-state index contributed by atoms with van der Waals surface area (Å²) in [6, 6.07) is 13.3. The minimum absolute atomic E-state index is 0.252. The van der Waals surface area contributed by atoms with Gasteiger partial charge in [-0.05, 0) is 67.6 Å². The van der Waals surface area contributed by atoms with Gasteiger partial charge in [0.25, 0.3) is 0 Å². The Balaban J connectivity index is 1.26. The number of hydrogen-bond donors (Lipinski definition) is 2. The van der Waals surface area contributed by atoms with Crippen LogP contribution >= 0.6 is 11.3 Å². The standard InChI is InChI=1S/C28H23FN6OS/c29-24-9-8-23(37-24)27-26-22(10-11-31-27)32-28(33-26)25-20-13-16(6-7-21(20)34-35-25)17-12-19(15-30-14-17)36-18-4-2-1-3-5-18/h6-15,18H,1-5H2,(H,32,33)(H,34,35). The molecule has 6 aromatic rings. The van der Waals surface area contributed by atoms with E-state index in [-0.39, 0.29) is 11.2 Å². The van der Waals surface area contributed by atoms with Crippen molar-refractivity contribution in [3.8, 4) is 39.0 Å². The number of benzene rings is 1. The van der Waals surface area contributed by atoms with Crippen LogP contribution in [0.25, 0.3) is 55.2 Å². The Morgan fingerprint density at radius 3 is 2.70 bits per heavy atom. The molecule has 1 fully saturated rings. The molecule has 1 aromatic carbocycles. The van der Waals surface area contributed by atoms with E-state index in [1.807, 2.05) is 18.3 Å². The van der Waals surface area contributed by atoms with Gasteiger partial charge in [-0.1, -0.05) is 12.5 Å². The number of aromatic nitrogens is 6. The molecular formula is C28H23FN6OS. The average Bonchev–Trinajstić information content (AvgIpc) is 3.66. The van der Waals surface area contributed by atoms with Gasteiger partial charge in [0.15, 0.2) is 11.0 Å². The third kappa shape index (κ3) is 4.15. The zero-order valence-electron chi connectivity index (χ0n) is 19.9. The SMILES string of the molecule is Fc1ccc(-c2nccc3[nH]c(-c4n[nH]c5ccc(-c6cncc(OC7CCCCC7)c6)cc45)nc23)s1. The van der Waals surface area contributed by atoms with Crippen LogP contribution in [0.3, 0.4) is 0 Å². The number of ether oxygens (including phenoxy) is 1. The van der Waals surface area contributed by atoms with E-state index in [1.165, 1.54) is 25.3 Å². The van der Waals surface area contributed by atoms with Crippen LogP contribution in [0.15, 0.2) is 61.1 Å². The lowest BCUT2D eigenvalue weighted by Gasteiger charge is -2.23. The number of pyridine rings is 2. The van der Waals surface area contributed by atoms with Gasteiger partial charge in [0, 0.05) is 23.3 Å². The van der Waals surface area contributed by atoms with Gasteiger partial charge < -0.3 is 9.72 Å². The fraction of sp³-hybridized carbons (Fsp3) is 0.214. The van der Waals surface area contributed by atoms with Crippen molar-refractivity contribution in [2.24, 2.45) is 0 Å². The van der Waals surface area contributed by atoms with E-state index in [9.17, 15) is 4.39 Å². The summed E-state index contributed by atoms with van der Waals surface area (Å²) in [5.74, 6) is 1.43. The maximum atomic E-state index is 13.7. The molecule has 0 bridgehead atoms. The number of nitrogens with zero attached hydrogens (tertiary/aromatic N) is 4. The zero-order valence-corrected chi connectivity index (χ0v) is 20.7. The maximum Gasteiger partial charge on any atom is 0.177 e. The Labute approximate surface area is 215 Å². The van der Waals surface area contributed by atoms with Gasteiger partial charge in [0.2, 0.25) is 0 Å². The van der Waals surface area contributed by atoms with Crippen LogP contribution in [0.2, 0.25) is 0 Å². The predicted octanol–water partition coefficient (Wildman–Crippen LogP) is 7.14. The number of halogens is 1. The first-order valence-corrected chi connectivity index (χ1v) is 13.2. The third-order valence-corrected chi connectivity index (χ3v) is 7.78. The Morgan fingerprint density at radius 1 is 0.919 bits per heavy atom. The number of rotatable bonds is 5. The number of aromatic amines is 2. The Kier molecular flexibility index (Phi) is 5.43. The number of nitrogens with one attached hydrogen (secondary N) is 2. The van der Waals surface area contributed by atoms with Gasteiger partial charge in [-0.15, -0.1) is 11.3 Å². The first kappa shape index (κ1) is 22.1. The van der Waals surface area contributed by atoms with Crippen LogP contribution in [0.5, 0.6) is 5.75 Å². The molecule has 9 heteroatoms. The summed E-state index contributed by atoms with van der Waals surface area (Å²) in [5.41, 5.74) is 5.76. The molecule has 0 atom stereocenters. The number of H-pyrrole nitrogens is 2. The van der Waals surface area contributed by atoms with Crippen molar-refractivity contribution in [1.29, 1.82) is 0 Å². The molecule has 0 amide bonds. The molecule has 1 saturated carbocycles. The molecule has 7 nitrogen and oxygen atoms in total. The smallest absolute Gasteiger partial charge is 0.177 e. The molecule has 5 heterocycles. The molecule has 0 unspecified atom stereocenters. The topological polar surface area (TPSA) is 92.4 Å². The lowest BCUT2D eigenvalue weighted by molar-refractivity contribution is 0.154. The second-order valence-electron chi connectivity index (χ2n) is 9.36. The Bertz CT molecular complexity index is 1730. The highest BCUT2D eigenvalue weighted by molar-refractivity contribution is 7.13. The number of fused-ring (bicyclic) bond motifs is 2. The molecule has 5 aromatic heterocycles. The van der Waals surface area contributed by atoms with Crippen LogP contribution in [-0.2, 0) is 0 Å². The monoisotopic (exact) mass is 510 g/mol. The van der Waals surface area contributed by atoms with Crippen molar-refractivity contribution in [2.45, 2.75) is 38.2 Å². The van der Waals surface area contributed by atoms with Crippen molar-refractivity contribution < 1.29 is 9.13 Å². The lowest BCUT2D eigenvalue weighted by atomic mass is 9.98. The van der Waals surface area contributed by atoms with Gasteiger partial charge in [-0.2, -0.15) is 9.49 Å². The van der Waals surface area contributed by atoms with Crippen molar-refractivity contribution in [1.82, 2.24) is 30.1 Å². The van der Waals surface area contributed by atoms with Crippen molar-refractivity contribution in [3.63, 3.8) is 0 Å². The molecule has 37 heavy (non-hydrogen) atoms. The van der Waals surface area contributed by atoms with Crippen molar-refractivity contribution >= 4 is 33.3 Å². The predicted molar refractivity (Wildman–Crippen MR) is 143 cm³/mol. The van der Waals surface area contributed by atoms with Crippen LogP contribution in [0, 0.1) is 5.13 Å². The maximum absolute atomic E-state index is 13.7. The molecule has 0 saturated heterocycles. The molecule has 1 aliphatic carbocycles. The molecular weight excluding hydrogens is 487 g/mol. The number of thiophene rings is 1. The van der Waals surface area contributed by atoms with E-state index in [0.29, 0.717) is 22.7 Å². The van der Waals surface area contributed by atoms with Gasteiger partial charge in [0.1, 0.15) is 22.7 Å². The fourth-order valence-corrected chi connectivity index (χ4v) is 5.79. The second-order valence-corrected chi connectivity index (χ2v) is 10.4. The average molecular weight is 511 g/mol. The quantitative estimate of drug-likeness (QED) is 0.257. The second kappa shape index (κ2) is 9.08. The van der Waals surface area contributed by atoms with E-state index < -0.39 is 0 Å². The largest absolute Gasteiger partial charge is 0.489 e. The van der Waals surface area contributed by atoms with E-state index in [0.717, 1.165) is 62.4 Å². The van der Waals surface area contributed by atoms with Gasteiger partial charge in [0.05, 0.1) is 28.2 Å². The number of imidazole rings is 1. The first-order chi connectivity index (χ1) is 18.2. The summed E-state index contributed by atoms with van der Waals surface area (Å²) in [6.07, 6.45) is 11.6.